The zero-order valence-electron chi connectivity index (χ0n) is 13.8. The van der Waals surface area contributed by atoms with Gasteiger partial charge in [-0.15, -0.1) is 0 Å². The van der Waals surface area contributed by atoms with Crippen LogP contribution < -0.4 is 4.74 Å². The Hall–Kier alpha value is -2.09. The quantitative estimate of drug-likeness (QED) is 0.726. The Morgan fingerprint density at radius 1 is 1.00 bits per heavy atom. The predicted molar refractivity (Wildman–Crippen MR) is 93.5 cm³/mol. The first-order chi connectivity index (χ1) is 11.3. The third-order valence-corrected chi connectivity index (χ3v) is 3.92. The van der Waals surface area contributed by atoms with Gasteiger partial charge in [0.05, 0.1) is 11.6 Å². The number of rotatable bonds is 7. The summed E-state index contributed by atoms with van der Waals surface area (Å²) in [5.74, 6) is 0.797. The molecule has 0 atom stereocenters. The molecule has 0 radical (unpaired) electrons. The highest BCUT2D eigenvalue weighted by Crippen LogP contribution is 2.11. The van der Waals surface area contributed by atoms with Crippen LogP contribution in [0, 0.1) is 11.3 Å². The second kappa shape index (κ2) is 9.83. The van der Waals surface area contributed by atoms with Crippen molar-refractivity contribution in [2.75, 3.05) is 45.9 Å². The molecule has 1 aliphatic rings. The lowest BCUT2D eigenvalue weighted by Crippen LogP contribution is -2.46. The maximum absolute atomic E-state index is 8.74. The molecule has 1 aromatic carbocycles. The second-order valence-corrected chi connectivity index (χ2v) is 5.59. The number of hydrogen-bond acceptors (Lipinski definition) is 4. The molecule has 0 bridgehead atoms. The fourth-order valence-electron chi connectivity index (χ4n) is 2.47. The standard InChI is InChI=1S/C19H25N3O/c1-2-3-10-21-12-14-22(15-13-21)11-4-5-16-23-19-8-6-18(17-20)7-9-19/h2-9H,10-16H2,1H3/b3-2+,5-4+. The van der Waals surface area contributed by atoms with Crippen molar-refractivity contribution in [1.82, 2.24) is 9.80 Å². The minimum atomic E-state index is 0.563. The van der Waals surface area contributed by atoms with Crippen LogP contribution in [0.1, 0.15) is 12.5 Å². The monoisotopic (exact) mass is 311 g/mol. The molecule has 4 heteroatoms. The van der Waals surface area contributed by atoms with E-state index in [0.29, 0.717) is 12.2 Å². The molecule has 2 rings (SSSR count). The predicted octanol–water partition coefficient (Wildman–Crippen LogP) is 2.69. The van der Waals surface area contributed by atoms with Crippen LogP contribution in [0.4, 0.5) is 0 Å². The van der Waals surface area contributed by atoms with Crippen molar-refractivity contribution in [1.29, 1.82) is 5.26 Å². The number of nitriles is 1. The molecule has 0 unspecified atom stereocenters. The molecule has 0 amide bonds. The zero-order chi connectivity index (χ0) is 16.3. The van der Waals surface area contributed by atoms with Crippen LogP contribution in [0.3, 0.4) is 0 Å². The van der Waals surface area contributed by atoms with E-state index >= 15 is 0 Å². The van der Waals surface area contributed by atoms with Gasteiger partial charge in [-0.1, -0.05) is 24.3 Å². The fourth-order valence-corrected chi connectivity index (χ4v) is 2.47. The summed E-state index contributed by atoms with van der Waals surface area (Å²) in [7, 11) is 0. The highest BCUT2D eigenvalue weighted by atomic mass is 16.5. The van der Waals surface area contributed by atoms with Gasteiger partial charge in [-0.25, -0.2) is 0 Å². The first-order valence-corrected chi connectivity index (χ1v) is 8.15. The number of benzene rings is 1. The molecule has 1 aliphatic heterocycles. The molecule has 1 heterocycles. The van der Waals surface area contributed by atoms with Gasteiger partial charge in [0.2, 0.25) is 0 Å². The van der Waals surface area contributed by atoms with E-state index in [2.05, 4.69) is 47.1 Å². The summed E-state index contributed by atoms with van der Waals surface area (Å²) in [4.78, 5) is 4.94. The van der Waals surface area contributed by atoms with Gasteiger partial charge >= 0.3 is 0 Å². The zero-order valence-corrected chi connectivity index (χ0v) is 13.8. The maximum atomic E-state index is 8.74. The van der Waals surface area contributed by atoms with Crippen LogP contribution in [-0.4, -0.2) is 55.7 Å². The van der Waals surface area contributed by atoms with Gasteiger partial charge in [-0.3, -0.25) is 9.80 Å². The van der Waals surface area contributed by atoms with Gasteiger partial charge in [0, 0.05) is 39.3 Å². The Morgan fingerprint density at radius 2 is 1.61 bits per heavy atom. The smallest absolute Gasteiger partial charge is 0.119 e. The third kappa shape index (κ3) is 6.27. The molecule has 1 fully saturated rings. The molecule has 0 N–H and O–H groups in total. The Labute approximate surface area is 139 Å². The van der Waals surface area contributed by atoms with Crippen molar-refractivity contribution >= 4 is 0 Å². The number of hydrogen-bond donors (Lipinski definition) is 0. The topological polar surface area (TPSA) is 39.5 Å². The van der Waals surface area contributed by atoms with E-state index in [1.54, 1.807) is 12.1 Å². The summed E-state index contributed by atoms with van der Waals surface area (Å²) >= 11 is 0. The first-order valence-electron chi connectivity index (χ1n) is 8.15. The fraction of sp³-hybridized carbons (Fsp3) is 0.421. The van der Waals surface area contributed by atoms with Gasteiger partial charge in [-0.2, -0.15) is 5.26 Å². The van der Waals surface area contributed by atoms with Crippen molar-refractivity contribution in [3.63, 3.8) is 0 Å². The summed E-state index contributed by atoms with van der Waals surface area (Å²) in [5.41, 5.74) is 0.654. The van der Waals surface area contributed by atoms with Gasteiger partial charge in [0.15, 0.2) is 0 Å². The molecule has 0 saturated carbocycles. The Bertz CT molecular complexity index is 549. The Morgan fingerprint density at radius 3 is 2.17 bits per heavy atom. The molecule has 1 aromatic rings. The summed E-state index contributed by atoms with van der Waals surface area (Å²) in [6.07, 6.45) is 8.56. The molecule has 0 aromatic heterocycles. The van der Waals surface area contributed by atoms with E-state index in [9.17, 15) is 0 Å². The molecule has 0 spiro atoms. The summed E-state index contributed by atoms with van der Waals surface area (Å²) in [5, 5.41) is 8.74. The number of ether oxygens (including phenoxy) is 1. The lowest BCUT2D eigenvalue weighted by molar-refractivity contribution is 0.153. The van der Waals surface area contributed by atoms with Crippen LogP contribution in [-0.2, 0) is 0 Å². The summed E-state index contributed by atoms with van der Waals surface area (Å²) in [6.45, 7) is 9.21. The Kier molecular flexibility index (Phi) is 7.38. The van der Waals surface area contributed by atoms with Gasteiger partial charge in [-0.05, 0) is 31.2 Å². The number of nitrogens with zero attached hydrogens (tertiary/aromatic N) is 3. The van der Waals surface area contributed by atoms with E-state index in [-0.39, 0.29) is 0 Å². The molecule has 1 saturated heterocycles. The van der Waals surface area contributed by atoms with E-state index in [0.717, 1.165) is 45.0 Å². The Balaban J connectivity index is 1.61. The highest BCUT2D eigenvalue weighted by Gasteiger charge is 2.14. The van der Waals surface area contributed by atoms with Crippen LogP contribution in [0.2, 0.25) is 0 Å². The van der Waals surface area contributed by atoms with Crippen LogP contribution in [0.5, 0.6) is 5.75 Å². The number of allylic oxidation sites excluding steroid dienone is 1. The number of piperazine rings is 1. The van der Waals surface area contributed by atoms with Crippen molar-refractivity contribution < 1.29 is 4.74 Å². The molecule has 4 nitrogen and oxygen atoms in total. The van der Waals surface area contributed by atoms with Crippen LogP contribution >= 0.6 is 0 Å². The molecule has 122 valence electrons. The lowest BCUT2D eigenvalue weighted by Gasteiger charge is -2.33. The maximum Gasteiger partial charge on any atom is 0.119 e. The van der Waals surface area contributed by atoms with Crippen LogP contribution in [0.25, 0.3) is 0 Å². The van der Waals surface area contributed by atoms with Gasteiger partial charge in [0.1, 0.15) is 12.4 Å². The van der Waals surface area contributed by atoms with Crippen molar-refractivity contribution in [3.8, 4) is 11.8 Å². The summed E-state index contributed by atoms with van der Waals surface area (Å²) < 4.78 is 5.63. The first kappa shape index (κ1) is 17.3. The summed E-state index contributed by atoms with van der Waals surface area (Å²) in [6, 6.07) is 9.30. The van der Waals surface area contributed by atoms with Crippen molar-refractivity contribution in [3.05, 3.63) is 54.1 Å². The average Bonchev–Trinajstić information content (AvgIpc) is 2.61. The van der Waals surface area contributed by atoms with E-state index in [1.807, 2.05) is 12.1 Å². The minimum absolute atomic E-state index is 0.563. The van der Waals surface area contributed by atoms with Crippen LogP contribution in [0.15, 0.2) is 48.6 Å². The SMILES string of the molecule is C/C=C/CN1CCN(C/C=C/COc2ccc(C#N)cc2)CC1. The molecular formula is C19H25N3O. The highest BCUT2D eigenvalue weighted by molar-refractivity contribution is 5.34. The third-order valence-electron chi connectivity index (χ3n) is 3.92. The van der Waals surface area contributed by atoms with E-state index < -0.39 is 0 Å². The van der Waals surface area contributed by atoms with Gasteiger partial charge in [0.25, 0.3) is 0 Å². The normalized spacial score (nSPS) is 16.9. The largest absolute Gasteiger partial charge is 0.490 e. The van der Waals surface area contributed by atoms with Crippen molar-refractivity contribution in [2.45, 2.75) is 6.92 Å². The average molecular weight is 311 g/mol. The lowest BCUT2D eigenvalue weighted by atomic mass is 10.2. The van der Waals surface area contributed by atoms with Crippen molar-refractivity contribution in [2.24, 2.45) is 0 Å². The van der Waals surface area contributed by atoms with E-state index in [1.165, 1.54) is 0 Å². The second-order valence-electron chi connectivity index (χ2n) is 5.59. The molecular weight excluding hydrogens is 286 g/mol. The molecule has 23 heavy (non-hydrogen) atoms. The van der Waals surface area contributed by atoms with Gasteiger partial charge < -0.3 is 4.74 Å². The van der Waals surface area contributed by atoms with E-state index in [4.69, 9.17) is 10.00 Å². The minimum Gasteiger partial charge on any atom is -0.490 e. The molecule has 0 aliphatic carbocycles.